The molecule has 1 aromatic heterocycles. The van der Waals surface area contributed by atoms with Crippen molar-refractivity contribution < 1.29 is 18.8 Å². The van der Waals surface area contributed by atoms with Crippen molar-refractivity contribution in [3.05, 3.63) is 30.1 Å². The van der Waals surface area contributed by atoms with Crippen LogP contribution in [0.5, 0.6) is 0 Å². The number of aromatic nitrogens is 2. The van der Waals surface area contributed by atoms with Crippen molar-refractivity contribution >= 4 is 17.7 Å². The summed E-state index contributed by atoms with van der Waals surface area (Å²) in [5.41, 5.74) is 6.50. The van der Waals surface area contributed by atoms with E-state index < -0.39 is 6.09 Å². The van der Waals surface area contributed by atoms with Gasteiger partial charge in [0, 0.05) is 33.1 Å². The number of nitrogens with two attached hydrogens (primary N) is 1. The van der Waals surface area contributed by atoms with E-state index in [1.807, 2.05) is 24.3 Å². The first-order chi connectivity index (χ1) is 13.4. The molecule has 0 radical (unpaired) electrons. The molecule has 2 heterocycles. The Morgan fingerprint density at radius 1 is 1.32 bits per heavy atom. The number of para-hydroxylation sites is 1. The second kappa shape index (κ2) is 8.83. The van der Waals surface area contributed by atoms with Crippen LogP contribution in [0.4, 0.5) is 10.5 Å². The maximum atomic E-state index is 12.7. The van der Waals surface area contributed by atoms with Gasteiger partial charge in [-0.15, -0.1) is 0 Å². The summed E-state index contributed by atoms with van der Waals surface area (Å²) in [5, 5.41) is 3.81. The third-order valence-corrected chi connectivity index (χ3v) is 4.77. The molecule has 1 aliphatic heterocycles. The first kappa shape index (κ1) is 19.8. The molecular formula is C19H25N5O4. The molecular weight excluding hydrogens is 362 g/mol. The van der Waals surface area contributed by atoms with Crippen LogP contribution in [-0.4, -0.2) is 59.8 Å². The number of piperidine rings is 1. The Hall–Kier alpha value is -2.94. The van der Waals surface area contributed by atoms with E-state index in [-0.39, 0.29) is 12.0 Å². The zero-order valence-corrected chi connectivity index (χ0v) is 16.1. The highest BCUT2D eigenvalue weighted by atomic mass is 16.6. The Morgan fingerprint density at radius 2 is 2.04 bits per heavy atom. The number of benzene rings is 1. The van der Waals surface area contributed by atoms with Crippen LogP contribution in [0.15, 0.2) is 28.8 Å². The van der Waals surface area contributed by atoms with Crippen LogP contribution in [-0.2, 0) is 9.53 Å². The van der Waals surface area contributed by atoms with E-state index in [1.54, 1.807) is 14.0 Å². The minimum atomic E-state index is -0.431. The third kappa shape index (κ3) is 4.86. The van der Waals surface area contributed by atoms with E-state index in [0.717, 1.165) is 25.9 Å². The lowest BCUT2D eigenvalue weighted by atomic mass is 10.1. The summed E-state index contributed by atoms with van der Waals surface area (Å²) in [6.07, 6.45) is 1.21. The molecule has 0 aliphatic carbocycles. The van der Waals surface area contributed by atoms with Gasteiger partial charge in [-0.1, -0.05) is 17.3 Å². The quantitative estimate of drug-likeness (QED) is 0.805. The zero-order valence-electron chi connectivity index (χ0n) is 16.1. The predicted molar refractivity (Wildman–Crippen MR) is 103 cm³/mol. The number of carbonyl (C=O) groups excluding carboxylic acids is 2. The van der Waals surface area contributed by atoms with E-state index in [0.29, 0.717) is 35.9 Å². The highest BCUT2D eigenvalue weighted by molar-refractivity contribution is 5.92. The van der Waals surface area contributed by atoms with E-state index >= 15 is 0 Å². The van der Waals surface area contributed by atoms with Crippen molar-refractivity contribution in [1.29, 1.82) is 0 Å². The highest BCUT2D eigenvalue weighted by Gasteiger charge is 2.25. The van der Waals surface area contributed by atoms with Gasteiger partial charge in [-0.25, -0.2) is 4.79 Å². The van der Waals surface area contributed by atoms with E-state index in [1.165, 1.54) is 4.90 Å². The Kier molecular flexibility index (Phi) is 6.25. The molecule has 2 N–H and O–H groups in total. The summed E-state index contributed by atoms with van der Waals surface area (Å²) in [6.45, 7) is 3.93. The molecule has 0 unspecified atom stereocenters. The summed E-state index contributed by atoms with van der Waals surface area (Å²) in [7, 11) is 1.66. The number of likely N-dealkylation sites (tertiary alicyclic amines) is 1. The molecule has 150 valence electrons. The lowest BCUT2D eigenvalue weighted by molar-refractivity contribution is -0.118. The number of nitrogens with zero attached hydrogens (tertiary/aromatic N) is 4. The molecule has 1 fully saturated rings. The average molecular weight is 387 g/mol. The standard InChI is InChI=1S/C19H25N5O4/c1-13-21-18(28-22-13)15-5-3-4-6-16(15)23(2)19(26)27-14-7-10-24(11-8-14)12-9-17(20)25/h3-6,14H,7-12H2,1-2H3,(H2,20,25). The molecule has 0 saturated carbocycles. The van der Waals surface area contributed by atoms with Gasteiger partial charge in [-0.3, -0.25) is 9.69 Å². The largest absolute Gasteiger partial charge is 0.446 e. The molecule has 9 heteroatoms. The predicted octanol–water partition coefficient (Wildman–Crippen LogP) is 1.96. The normalized spacial score (nSPS) is 15.4. The summed E-state index contributed by atoms with van der Waals surface area (Å²) < 4.78 is 10.9. The smallest absolute Gasteiger partial charge is 0.414 e. The summed E-state index contributed by atoms with van der Waals surface area (Å²) in [5.74, 6) is 0.582. The van der Waals surface area contributed by atoms with Crippen molar-refractivity contribution in [2.24, 2.45) is 5.73 Å². The molecule has 1 saturated heterocycles. The number of hydrogen-bond acceptors (Lipinski definition) is 7. The van der Waals surface area contributed by atoms with Crippen LogP contribution in [0.2, 0.25) is 0 Å². The second-order valence-electron chi connectivity index (χ2n) is 6.86. The van der Waals surface area contributed by atoms with E-state index in [9.17, 15) is 9.59 Å². The third-order valence-electron chi connectivity index (χ3n) is 4.77. The Labute approximate surface area is 163 Å². The maximum absolute atomic E-state index is 12.7. The van der Waals surface area contributed by atoms with E-state index in [2.05, 4.69) is 15.0 Å². The van der Waals surface area contributed by atoms with Gasteiger partial charge in [0.25, 0.3) is 5.89 Å². The fraction of sp³-hybridized carbons (Fsp3) is 0.474. The fourth-order valence-corrected chi connectivity index (χ4v) is 3.19. The molecule has 28 heavy (non-hydrogen) atoms. The van der Waals surface area contributed by atoms with Gasteiger partial charge in [-0.05, 0) is 31.9 Å². The summed E-state index contributed by atoms with van der Waals surface area (Å²) in [6, 6.07) is 7.31. The van der Waals surface area contributed by atoms with Gasteiger partial charge in [0.05, 0.1) is 11.3 Å². The topological polar surface area (TPSA) is 115 Å². The molecule has 3 rings (SSSR count). The van der Waals surface area contributed by atoms with Crippen molar-refractivity contribution in [2.45, 2.75) is 32.3 Å². The number of amides is 2. The van der Waals surface area contributed by atoms with Crippen LogP contribution < -0.4 is 10.6 Å². The maximum Gasteiger partial charge on any atom is 0.414 e. The highest BCUT2D eigenvalue weighted by Crippen LogP contribution is 2.29. The van der Waals surface area contributed by atoms with Gasteiger partial charge >= 0.3 is 6.09 Å². The second-order valence-corrected chi connectivity index (χ2v) is 6.86. The van der Waals surface area contributed by atoms with Crippen LogP contribution in [0.1, 0.15) is 25.1 Å². The number of aryl methyl sites for hydroxylation is 1. The minimum absolute atomic E-state index is 0.155. The number of primary amides is 1. The molecule has 1 aliphatic rings. The number of hydrogen-bond donors (Lipinski definition) is 1. The fourth-order valence-electron chi connectivity index (χ4n) is 3.19. The van der Waals surface area contributed by atoms with Crippen LogP contribution in [0.3, 0.4) is 0 Å². The number of carbonyl (C=O) groups is 2. The van der Waals surface area contributed by atoms with Crippen molar-refractivity contribution in [3.63, 3.8) is 0 Å². The molecule has 0 atom stereocenters. The number of ether oxygens (including phenoxy) is 1. The van der Waals surface area contributed by atoms with Gasteiger partial charge < -0.3 is 19.9 Å². The molecule has 9 nitrogen and oxygen atoms in total. The molecule has 2 aromatic rings. The van der Waals surface area contributed by atoms with Gasteiger partial charge in [0.1, 0.15) is 6.10 Å². The molecule has 0 spiro atoms. The average Bonchev–Trinajstić information content (AvgIpc) is 3.13. The monoisotopic (exact) mass is 387 g/mol. The Bertz CT molecular complexity index is 829. The van der Waals surface area contributed by atoms with E-state index in [4.69, 9.17) is 15.0 Å². The Morgan fingerprint density at radius 3 is 2.68 bits per heavy atom. The van der Waals surface area contributed by atoms with Crippen LogP contribution >= 0.6 is 0 Å². The van der Waals surface area contributed by atoms with Gasteiger partial charge in [0.15, 0.2) is 5.82 Å². The van der Waals surface area contributed by atoms with Crippen molar-refractivity contribution in [1.82, 2.24) is 15.0 Å². The van der Waals surface area contributed by atoms with Crippen LogP contribution in [0, 0.1) is 6.92 Å². The van der Waals surface area contributed by atoms with Crippen molar-refractivity contribution in [2.75, 3.05) is 31.6 Å². The summed E-state index contributed by atoms with van der Waals surface area (Å²) >= 11 is 0. The molecule has 2 amide bonds. The lowest BCUT2D eigenvalue weighted by Gasteiger charge is -2.32. The van der Waals surface area contributed by atoms with Gasteiger partial charge in [-0.2, -0.15) is 4.98 Å². The first-order valence-electron chi connectivity index (χ1n) is 9.28. The zero-order chi connectivity index (χ0) is 20.1. The summed E-state index contributed by atoms with van der Waals surface area (Å²) in [4.78, 5) is 31.4. The molecule has 1 aromatic carbocycles. The SMILES string of the molecule is Cc1noc(-c2ccccc2N(C)C(=O)OC2CCN(CCC(N)=O)CC2)n1. The molecule has 0 bridgehead atoms. The van der Waals surface area contributed by atoms with Crippen LogP contribution in [0.25, 0.3) is 11.5 Å². The Balaban J connectivity index is 1.59. The lowest BCUT2D eigenvalue weighted by Crippen LogP contribution is -2.41. The number of rotatable bonds is 6. The van der Waals surface area contributed by atoms with Gasteiger partial charge in [0.2, 0.25) is 5.91 Å². The minimum Gasteiger partial charge on any atom is -0.446 e. The number of anilines is 1. The van der Waals surface area contributed by atoms with Crippen molar-refractivity contribution in [3.8, 4) is 11.5 Å². The first-order valence-corrected chi connectivity index (χ1v) is 9.28.